The van der Waals surface area contributed by atoms with E-state index in [1.807, 2.05) is 18.2 Å². The van der Waals surface area contributed by atoms with Crippen molar-refractivity contribution in [2.75, 3.05) is 6.26 Å². The van der Waals surface area contributed by atoms with E-state index in [4.69, 9.17) is 5.26 Å². The number of carbonyl (C=O) groups excluding carboxylic acids is 1. The Morgan fingerprint density at radius 1 is 1.09 bits per heavy atom. The normalized spacial score (nSPS) is 11.3. The predicted molar refractivity (Wildman–Crippen MR) is 89.0 cm³/mol. The van der Waals surface area contributed by atoms with Gasteiger partial charge in [0.1, 0.15) is 0 Å². The van der Waals surface area contributed by atoms with Crippen molar-refractivity contribution in [1.29, 1.82) is 5.26 Å². The number of nitrogens with one attached hydrogen (secondary N) is 2. The van der Waals surface area contributed by atoms with E-state index in [9.17, 15) is 9.00 Å². The highest BCUT2D eigenvalue weighted by Gasteiger charge is 2.02. The van der Waals surface area contributed by atoms with Crippen LogP contribution in [0.4, 0.5) is 4.79 Å². The summed E-state index contributed by atoms with van der Waals surface area (Å²) in [5.74, 6) is 0. The minimum atomic E-state index is -1.000. The van der Waals surface area contributed by atoms with E-state index >= 15 is 0 Å². The summed E-state index contributed by atoms with van der Waals surface area (Å²) in [5, 5.41) is 14.3. The van der Waals surface area contributed by atoms with Crippen LogP contribution in [0.2, 0.25) is 0 Å². The smallest absolute Gasteiger partial charge is 0.315 e. The number of nitrogens with zero attached hydrogens (tertiary/aromatic N) is 1. The molecule has 0 radical (unpaired) electrons. The maximum atomic E-state index is 11.8. The molecule has 0 saturated heterocycles. The maximum Gasteiger partial charge on any atom is 0.315 e. The summed E-state index contributed by atoms with van der Waals surface area (Å²) in [6.07, 6.45) is 1.63. The first-order valence-electron chi connectivity index (χ1n) is 7.01. The van der Waals surface area contributed by atoms with E-state index < -0.39 is 10.8 Å². The van der Waals surface area contributed by atoms with Crippen molar-refractivity contribution in [3.63, 3.8) is 0 Å². The Morgan fingerprint density at radius 2 is 1.74 bits per heavy atom. The number of hydrogen-bond donors (Lipinski definition) is 2. The third kappa shape index (κ3) is 5.24. The number of hydrogen-bond acceptors (Lipinski definition) is 3. The average molecular weight is 327 g/mol. The molecule has 2 rings (SSSR count). The number of urea groups is 1. The molecule has 0 bridgehead atoms. The van der Waals surface area contributed by atoms with Gasteiger partial charge in [-0.25, -0.2) is 4.79 Å². The average Bonchev–Trinajstić information content (AvgIpc) is 2.58. The lowest BCUT2D eigenvalue weighted by molar-refractivity contribution is 0.240. The van der Waals surface area contributed by atoms with Gasteiger partial charge in [-0.15, -0.1) is 0 Å². The van der Waals surface area contributed by atoms with Crippen LogP contribution in [0.1, 0.15) is 16.7 Å². The van der Waals surface area contributed by atoms with E-state index in [1.54, 1.807) is 36.6 Å². The van der Waals surface area contributed by atoms with Gasteiger partial charge in [0.05, 0.1) is 11.6 Å². The monoisotopic (exact) mass is 327 g/mol. The molecule has 0 fully saturated rings. The molecule has 23 heavy (non-hydrogen) atoms. The Hall–Kier alpha value is -2.65. The highest BCUT2D eigenvalue weighted by atomic mass is 32.2. The Labute approximate surface area is 137 Å². The van der Waals surface area contributed by atoms with Crippen LogP contribution in [0.5, 0.6) is 0 Å². The lowest BCUT2D eigenvalue weighted by Gasteiger charge is -2.08. The summed E-state index contributed by atoms with van der Waals surface area (Å²) < 4.78 is 11.3. The molecular formula is C17H17N3O2S. The zero-order chi connectivity index (χ0) is 16.7. The Kier molecular flexibility index (Phi) is 5.89. The van der Waals surface area contributed by atoms with E-state index in [2.05, 4.69) is 16.7 Å². The molecule has 0 aliphatic carbocycles. The largest absolute Gasteiger partial charge is 0.334 e. The second-order valence-electron chi connectivity index (χ2n) is 4.95. The van der Waals surface area contributed by atoms with Gasteiger partial charge in [-0.1, -0.05) is 24.3 Å². The molecule has 0 saturated carbocycles. The Balaban J connectivity index is 1.80. The van der Waals surface area contributed by atoms with Gasteiger partial charge in [0, 0.05) is 35.0 Å². The lowest BCUT2D eigenvalue weighted by Crippen LogP contribution is -2.34. The molecule has 2 N–H and O–H groups in total. The van der Waals surface area contributed by atoms with Gasteiger partial charge < -0.3 is 10.6 Å². The molecule has 2 aromatic carbocycles. The molecule has 0 aromatic heterocycles. The lowest BCUT2D eigenvalue weighted by atomic mass is 10.1. The molecule has 5 nitrogen and oxygen atoms in total. The van der Waals surface area contributed by atoms with Gasteiger partial charge in [0.25, 0.3) is 0 Å². The van der Waals surface area contributed by atoms with Crippen LogP contribution in [-0.2, 0) is 23.9 Å². The molecule has 0 aliphatic heterocycles. The van der Waals surface area contributed by atoms with Gasteiger partial charge in [0.2, 0.25) is 0 Å². The highest BCUT2D eigenvalue weighted by Crippen LogP contribution is 2.07. The van der Waals surface area contributed by atoms with Crippen molar-refractivity contribution in [1.82, 2.24) is 10.6 Å². The fourth-order valence-electron chi connectivity index (χ4n) is 1.98. The zero-order valence-electron chi connectivity index (χ0n) is 12.7. The van der Waals surface area contributed by atoms with Crippen molar-refractivity contribution in [3.05, 3.63) is 65.2 Å². The van der Waals surface area contributed by atoms with Gasteiger partial charge in [-0.2, -0.15) is 5.26 Å². The molecule has 2 amide bonds. The fourth-order valence-corrected chi connectivity index (χ4v) is 2.50. The van der Waals surface area contributed by atoms with E-state index in [0.717, 1.165) is 16.0 Å². The molecule has 1 atom stereocenters. The number of carbonyl (C=O) groups is 1. The molecule has 6 heteroatoms. The van der Waals surface area contributed by atoms with E-state index in [1.165, 1.54) is 0 Å². The van der Waals surface area contributed by atoms with E-state index in [0.29, 0.717) is 18.7 Å². The first-order chi connectivity index (χ1) is 11.1. The summed E-state index contributed by atoms with van der Waals surface area (Å²) in [6, 6.07) is 16.1. The van der Waals surface area contributed by atoms with Crippen molar-refractivity contribution in [2.45, 2.75) is 18.0 Å². The topological polar surface area (TPSA) is 82.0 Å². The quantitative estimate of drug-likeness (QED) is 0.884. The third-order valence-corrected chi connectivity index (χ3v) is 4.15. The molecule has 0 unspecified atom stereocenters. The van der Waals surface area contributed by atoms with Gasteiger partial charge in [-0.3, -0.25) is 4.21 Å². The van der Waals surface area contributed by atoms with Crippen molar-refractivity contribution < 1.29 is 9.00 Å². The standard InChI is InChI=1S/C17H17N3O2S/c1-23(22)16-7-5-13(6-8-16)11-19-17(21)20-12-15-4-2-3-14(9-15)10-18/h2-9H,11-12H2,1H3,(H2,19,20,21)/t23-/m0/s1. The number of amides is 2. The second kappa shape index (κ2) is 8.11. The molecule has 0 heterocycles. The number of rotatable bonds is 5. The predicted octanol–water partition coefficient (Wildman–Crippen LogP) is 2.30. The van der Waals surface area contributed by atoms with Crippen LogP contribution in [0.15, 0.2) is 53.4 Å². The Morgan fingerprint density at radius 3 is 2.35 bits per heavy atom. The number of benzene rings is 2. The van der Waals surface area contributed by atoms with Crippen molar-refractivity contribution in [2.24, 2.45) is 0 Å². The zero-order valence-corrected chi connectivity index (χ0v) is 13.5. The van der Waals surface area contributed by atoms with Crippen molar-refractivity contribution >= 4 is 16.8 Å². The van der Waals surface area contributed by atoms with Crippen LogP contribution < -0.4 is 10.6 Å². The highest BCUT2D eigenvalue weighted by molar-refractivity contribution is 7.84. The summed E-state index contributed by atoms with van der Waals surface area (Å²) in [7, 11) is -1.000. The third-order valence-electron chi connectivity index (χ3n) is 3.22. The van der Waals surface area contributed by atoms with E-state index in [-0.39, 0.29) is 6.03 Å². The summed E-state index contributed by atoms with van der Waals surface area (Å²) in [5.41, 5.74) is 2.37. The van der Waals surface area contributed by atoms with Crippen LogP contribution in [-0.4, -0.2) is 16.5 Å². The van der Waals surface area contributed by atoms with Crippen molar-refractivity contribution in [3.8, 4) is 6.07 Å². The minimum absolute atomic E-state index is 0.282. The van der Waals surface area contributed by atoms with Crippen LogP contribution in [0.3, 0.4) is 0 Å². The van der Waals surface area contributed by atoms with Crippen LogP contribution >= 0.6 is 0 Å². The van der Waals surface area contributed by atoms with Crippen LogP contribution in [0.25, 0.3) is 0 Å². The summed E-state index contributed by atoms with van der Waals surface area (Å²) >= 11 is 0. The number of nitriles is 1. The molecule has 2 aromatic rings. The van der Waals surface area contributed by atoms with Gasteiger partial charge >= 0.3 is 6.03 Å². The Bertz CT molecular complexity index is 751. The summed E-state index contributed by atoms with van der Waals surface area (Å²) in [4.78, 5) is 12.5. The summed E-state index contributed by atoms with van der Waals surface area (Å²) in [6.45, 7) is 0.746. The van der Waals surface area contributed by atoms with Gasteiger partial charge in [0.15, 0.2) is 0 Å². The first kappa shape index (κ1) is 16.7. The molecular weight excluding hydrogens is 310 g/mol. The molecule has 0 spiro atoms. The maximum absolute atomic E-state index is 11.8. The SMILES string of the molecule is C[S@](=O)c1ccc(CNC(=O)NCc2cccc(C#N)c2)cc1. The van der Waals surface area contributed by atoms with Crippen LogP contribution in [0, 0.1) is 11.3 Å². The minimum Gasteiger partial charge on any atom is -0.334 e. The van der Waals surface area contributed by atoms with Gasteiger partial charge in [-0.05, 0) is 35.4 Å². The first-order valence-corrected chi connectivity index (χ1v) is 8.57. The molecule has 118 valence electrons. The fraction of sp³-hybridized carbons (Fsp3) is 0.176. The second-order valence-corrected chi connectivity index (χ2v) is 6.33. The molecule has 0 aliphatic rings.